The topological polar surface area (TPSA) is 66.4 Å². The van der Waals surface area contributed by atoms with E-state index in [0.29, 0.717) is 5.69 Å². The Morgan fingerprint density at radius 3 is 2.24 bits per heavy atom. The molecule has 96 valence electrons. The predicted octanol–water partition coefficient (Wildman–Crippen LogP) is 1.13. The first kappa shape index (κ1) is 13.9. The van der Waals surface area contributed by atoms with Crippen molar-refractivity contribution in [2.75, 3.05) is 24.7 Å². The summed E-state index contributed by atoms with van der Waals surface area (Å²) in [4.78, 5) is 0.122. The largest absolute Gasteiger partial charge is 0.390 e. The first-order valence-corrected chi connectivity index (χ1v) is 6.66. The summed E-state index contributed by atoms with van der Waals surface area (Å²) in [7, 11) is -3.28. The van der Waals surface area contributed by atoms with Crippen LogP contribution in [0.2, 0.25) is 0 Å². The van der Waals surface area contributed by atoms with Crippen molar-refractivity contribution in [1.29, 1.82) is 0 Å². The molecule has 0 spiro atoms. The molecule has 0 aliphatic heterocycles. The van der Waals surface area contributed by atoms with E-state index in [1.165, 1.54) is 24.3 Å². The normalized spacial score (nSPS) is 12.5. The lowest BCUT2D eigenvalue weighted by Gasteiger charge is -2.14. The van der Waals surface area contributed by atoms with E-state index in [-0.39, 0.29) is 4.90 Å². The van der Waals surface area contributed by atoms with Crippen molar-refractivity contribution in [1.82, 2.24) is 0 Å². The zero-order valence-corrected chi connectivity index (χ0v) is 9.97. The van der Waals surface area contributed by atoms with Gasteiger partial charge in [-0.05, 0) is 24.3 Å². The van der Waals surface area contributed by atoms with E-state index in [1.807, 2.05) is 0 Å². The van der Waals surface area contributed by atoms with Crippen LogP contribution in [-0.4, -0.2) is 38.9 Å². The standard InChI is InChI=1S/C10H13F2NO3S/c1-17(15,16)9-4-2-8(3-5-9)13-6-10(11,12)7-14/h2-5,13-14H,6-7H2,1H3. The van der Waals surface area contributed by atoms with E-state index < -0.39 is 28.9 Å². The van der Waals surface area contributed by atoms with Crippen LogP contribution in [0.1, 0.15) is 0 Å². The quantitative estimate of drug-likeness (QED) is 0.837. The summed E-state index contributed by atoms with van der Waals surface area (Å²) in [5, 5.41) is 10.8. The molecule has 0 aromatic heterocycles. The third kappa shape index (κ3) is 4.27. The lowest BCUT2D eigenvalue weighted by atomic mass is 10.3. The fourth-order valence-corrected chi connectivity index (χ4v) is 1.74. The maximum Gasteiger partial charge on any atom is 0.287 e. The number of alkyl halides is 2. The van der Waals surface area contributed by atoms with Crippen molar-refractivity contribution in [3.05, 3.63) is 24.3 Å². The van der Waals surface area contributed by atoms with Crippen molar-refractivity contribution < 1.29 is 22.3 Å². The van der Waals surface area contributed by atoms with Gasteiger partial charge in [0.15, 0.2) is 9.84 Å². The number of nitrogens with one attached hydrogen (secondary N) is 1. The first-order chi connectivity index (χ1) is 7.74. The molecule has 0 bridgehead atoms. The Kier molecular flexibility index (Phi) is 4.05. The third-order valence-electron chi connectivity index (χ3n) is 2.06. The van der Waals surface area contributed by atoms with Crippen molar-refractivity contribution >= 4 is 15.5 Å². The van der Waals surface area contributed by atoms with Crippen LogP contribution < -0.4 is 5.32 Å². The average molecular weight is 265 g/mol. The van der Waals surface area contributed by atoms with Gasteiger partial charge in [0.1, 0.15) is 6.61 Å². The third-order valence-corrected chi connectivity index (χ3v) is 3.19. The zero-order valence-electron chi connectivity index (χ0n) is 9.15. The number of hydrogen-bond donors (Lipinski definition) is 2. The Morgan fingerprint density at radius 1 is 1.29 bits per heavy atom. The second-order valence-corrected chi connectivity index (χ2v) is 5.68. The van der Waals surface area contributed by atoms with Crippen LogP contribution in [0.4, 0.5) is 14.5 Å². The lowest BCUT2D eigenvalue weighted by Crippen LogP contribution is -2.30. The van der Waals surface area contributed by atoms with Crippen LogP contribution in [0.25, 0.3) is 0 Å². The second kappa shape index (κ2) is 4.97. The first-order valence-electron chi connectivity index (χ1n) is 4.77. The van der Waals surface area contributed by atoms with Gasteiger partial charge in [-0.1, -0.05) is 0 Å². The number of aliphatic hydroxyl groups excluding tert-OH is 1. The number of benzene rings is 1. The number of rotatable bonds is 5. The fraction of sp³-hybridized carbons (Fsp3) is 0.400. The molecule has 0 amide bonds. The lowest BCUT2D eigenvalue weighted by molar-refractivity contribution is -0.0372. The Labute approximate surface area is 98.2 Å². The summed E-state index contributed by atoms with van der Waals surface area (Å²) in [6, 6.07) is 5.44. The minimum atomic E-state index is -3.28. The number of aliphatic hydroxyl groups is 1. The van der Waals surface area contributed by atoms with Crippen molar-refractivity contribution in [3.8, 4) is 0 Å². The smallest absolute Gasteiger partial charge is 0.287 e. The van der Waals surface area contributed by atoms with Crippen LogP contribution >= 0.6 is 0 Å². The van der Waals surface area contributed by atoms with Gasteiger partial charge in [0.05, 0.1) is 11.4 Å². The van der Waals surface area contributed by atoms with Crippen LogP contribution in [-0.2, 0) is 9.84 Å². The summed E-state index contributed by atoms with van der Waals surface area (Å²) in [6.45, 7) is -1.94. The SMILES string of the molecule is CS(=O)(=O)c1ccc(NCC(F)(F)CO)cc1. The molecule has 0 saturated carbocycles. The van der Waals surface area contributed by atoms with E-state index in [9.17, 15) is 17.2 Å². The molecule has 0 saturated heterocycles. The van der Waals surface area contributed by atoms with E-state index in [4.69, 9.17) is 5.11 Å². The van der Waals surface area contributed by atoms with Crippen molar-refractivity contribution in [2.45, 2.75) is 10.8 Å². The summed E-state index contributed by atoms with van der Waals surface area (Å²) < 4.78 is 47.7. The molecular formula is C10H13F2NO3S. The molecule has 17 heavy (non-hydrogen) atoms. The summed E-state index contributed by atoms with van der Waals surface area (Å²) in [6.07, 6.45) is 1.06. The van der Waals surface area contributed by atoms with Gasteiger partial charge < -0.3 is 10.4 Å². The molecule has 0 aliphatic rings. The summed E-state index contributed by atoms with van der Waals surface area (Å²) >= 11 is 0. The fourth-order valence-electron chi connectivity index (χ4n) is 1.11. The monoisotopic (exact) mass is 265 g/mol. The highest BCUT2D eigenvalue weighted by Gasteiger charge is 2.27. The van der Waals surface area contributed by atoms with Gasteiger partial charge in [0, 0.05) is 11.9 Å². The Morgan fingerprint density at radius 2 is 1.82 bits per heavy atom. The van der Waals surface area contributed by atoms with Gasteiger partial charge in [-0.15, -0.1) is 0 Å². The Bertz CT molecular complexity index is 471. The van der Waals surface area contributed by atoms with E-state index in [2.05, 4.69) is 5.32 Å². The maximum absolute atomic E-state index is 12.7. The summed E-state index contributed by atoms with van der Waals surface area (Å²) in [5.41, 5.74) is 0.366. The van der Waals surface area contributed by atoms with E-state index in [1.54, 1.807) is 0 Å². The van der Waals surface area contributed by atoms with Crippen molar-refractivity contribution in [2.24, 2.45) is 0 Å². The van der Waals surface area contributed by atoms with Crippen molar-refractivity contribution in [3.63, 3.8) is 0 Å². The molecule has 0 aliphatic carbocycles. The predicted molar refractivity (Wildman–Crippen MR) is 60.1 cm³/mol. The Hall–Kier alpha value is -1.21. The number of hydrogen-bond acceptors (Lipinski definition) is 4. The van der Waals surface area contributed by atoms with E-state index in [0.717, 1.165) is 6.26 Å². The number of halogens is 2. The second-order valence-electron chi connectivity index (χ2n) is 3.66. The molecule has 7 heteroatoms. The van der Waals surface area contributed by atoms with E-state index >= 15 is 0 Å². The molecule has 0 unspecified atom stereocenters. The highest BCUT2D eigenvalue weighted by Crippen LogP contribution is 2.17. The van der Waals surface area contributed by atoms with Crippen LogP contribution in [0.3, 0.4) is 0 Å². The number of sulfone groups is 1. The average Bonchev–Trinajstić information content (AvgIpc) is 2.26. The molecular weight excluding hydrogens is 252 g/mol. The molecule has 4 nitrogen and oxygen atoms in total. The van der Waals surface area contributed by atoms with Gasteiger partial charge in [-0.2, -0.15) is 0 Å². The molecule has 2 N–H and O–H groups in total. The summed E-state index contributed by atoms with van der Waals surface area (Å²) in [5.74, 6) is -3.20. The highest BCUT2D eigenvalue weighted by atomic mass is 32.2. The molecule has 0 fully saturated rings. The molecule has 1 rings (SSSR count). The molecule has 1 aromatic rings. The van der Waals surface area contributed by atoms with Gasteiger partial charge in [-0.3, -0.25) is 0 Å². The molecule has 0 radical (unpaired) electrons. The highest BCUT2D eigenvalue weighted by molar-refractivity contribution is 7.90. The van der Waals surface area contributed by atoms with Crippen LogP contribution in [0.5, 0.6) is 0 Å². The minimum Gasteiger partial charge on any atom is -0.390 e. The Balaban J connectivity index is 2.70. The molecule has 0 heterocycles. The minimum absolute atomic E-state index is 0.122. The molecule has 0 atom stereocenters. The maximum atomic E-state index is 12.7. The van der Waals surface area contributed by atoms with Crippen LogP contribution in [0.15, 0.2) is 29.2 Å². The van der Waals surface area contributed by atoms with Gasteiger partial charge >= 0.3 is 0 Å². The molecule has 1 aromatic carbocycles. The van der Waals surface area contributed by atoms with Crippen LogP contribution in [0, 0.1) is 0 Å². The van der Waals surface area contributed by atoms with Gasteiger partial charge in [-0.25, -0.2) is 17.2 Å². The zero-order chi connectivity index (χ0) is 13.1. The van der Waals surface area contributed by atoms with Gasteiger partial charge in [0.25, 0.3) is 5.92 Å². The number of anilines is 1. The van der Waals surface area contributed by atoms with Gasteiger partial charge in [0.2, 0.25) is 0 Å².